The fourth-order valence-electron chi connectivity index (χ4n) is 6.75. The van der Waals surface area contributed by atoms with Crippen LogP contribution in [0.5, 0.6) is 0 Å². The topological polar surface area (TPSA) is 13.1 Å². The van der Waals surface area contributed by atoms with Crippen LogP contribution < -0.4 is 0 Å². The second kappa shape index (κ2) is 7.34. The highest BCUT2D eigenvalue weighted by atomic mass is 16.3. The highest BCUT2D eigenvalue weighted by molar-refractivity contribution is 6.12. The molecular weight excluding hydrogens is 460 g/mol. The predicted molar refractivity (Wildman–Crippen MR) is 157 cm³/mol. The molecule has 7 aromatic rings. The van der Waals surface area contributed by atoms with E-state index in [1.165, 1.54) is 66.8 Å². The molecular formula is C37H22O. The molecule has 9 rings (SSSR count). The van der Waals surface area contributed by atoms with Crippen LogP contribution in [0.15, 0.2) is 126 Å². The molecule has 0 unspecified atom stereocenters. The lowest BCUT2D eigenvalue weighted by molar-refractivity contribution is 0.669. The second-order valence-corrected chi connectivity index (χ2v) is 10.5. The summed E-state index contributed by atoms with van der Waals surface area (Å²) in [5, 5.41) is 2.33. The van der Waals surface area contributed by atoms with Crippen LogP contribution in [0.3, 0.4) is 0 Å². The zero-order valence-electron chi connectivity index (χ0n) is 20.7. The molecule has 0 atom stereocenters. The predicted octanol–water partition coefficient (Wildman–Crippen LogP) is 10.1. The van der Waals surface area contributed by atoms with Crippen LogP contribution >= 0.6 is 0 Å². The molecule has 1 nitrogen and oxygen atoms in total. The summed E-state index contributed by atoms with van der Waals surface area (Å²) in [6.45, 7) is 0. The van der Waals surface area contributed by atoms with Crippen molar-refractivity contribution in [2.75, 3.05) is 0 Å². The lowest BCUT2D eigenvalue weighted by atomic mass is 9.79. The van der Waals surface area contributed by atoms with Gasteiger partial charge in [0, 0.05) is 10.8 Å². The van der Waals surface area contributed by atoms with Crippen molar-refractivity contribution < 1.29 is 4.42 Å². The molecule has 176 valence electrons. The van der Waals surface area contributed by atoms with Crippen LogP contribution in [0.4, 0.5) is 0 Å². The van der Waals surface area contributed by atoms with E-state index in [0.29, 0.717) is 0 Å². The Kier molecular flexibility index (Phi) is 3.90. The van der Waals surface area contributed by atoms with Gasteiger partial charge in [0.15, 0.2) is 0 Å². The molecule has 0 fully saturated rings. The van der Waals surface area contributed by atoms with Gasteiger partial charge in [-0.05, 0) is 104 Å². The normalized spacial score (nSPS) is 12.6. The molecule has 0 aliphatic heterocycles. The van der Waals surface area contributed by atoms with E-state index in [1.54, 1.807) is 0 Å². The highest BCUT2D eigenvalue weighted by Crippen LogP contribution is 2.52. The maximum absolute atomic E-state index is 6.38. The van der Waals surface area contributed by atoms with E-state index in [1.807, 2.05) is 6.07 Å². The first-order chi connectivity index (χ1) is 18.8. The molecule has 0 bridgehead atoms. The van der Waals surface area contributed by atoms with Crippen molar-refractivity contribution in [3.8, 4) is 55.6 Å². The third-order valence-corrected chi connectivity index (χ3v) is 8.46. The quantitative estimate of drug-likeness (QED) is 0.210. The molecule has 1 aromatic heterocycles. The van der Waals surface area contributed by atoms with Gasteiger partial charge < -0.3 is 4.42 Å². The smallest absolute Gasteiger partial charge is 0.136 e. The van der Waals surface area contributed by atoms with Crippen molar-refractivity contribution in [3.63, 3.8) is 0 Å². The van der Waals surface area contributed by atoms with Crippen molar-refractivity contribution in [1.82, 2.24) is 0 Å². The molecule has 1 heterocycles. The zero-order chi connectivity index (χ0) is 24.8. The Bertz CT molecular complexity index is 2110. The summed E-state index contributed by atoms with van der Waals surface area (Å²) in [6.07, 6.45) is 0.982. The van der Waals surface area contributed by atoms with Crippen LogP contribution in [0, 0.1) is 0 Å². The van der Waals surface area contributed by atoms with E-state index in [4.69, 9.17) is 4.42 Å². The third-order valence-electron chi connectivity index (χ3n) is 8.46. The molecule has 6 aromatic carbocycles. The number of benzene rings is 6. The summed E-state index contributed by atoms with van der Waals surface area (Å²) in [7, 11) is 0. The van der Waals surface area contributed by atoms with E-state index >= 15 is 0 Å². The van der Waals surface area contributed by atoms with Gasteiger partial charge in [-0.25, -0.2) is 0 Å². The molecule has 2 aliphatic rings. The van der Waals surface area contributed by atoms with E-state index < -0.39 is 0 Å². The van der Waals surface area contributed by atoms with E-state index in [0.717, 1.165) is 28.4 Å². The molecule has 38 heavy (non-hydrogen) atoms. The summed E-state index contributed by atoms with van der Waals surface area (Å²) >= 11 is 0. The van der Waals surface area contributed by atoms with Gasteiger partial charge in [-0.2, -0.15) is 0 Å². The maximum Gasteiger partial charge on any atom is 0.136 e. The number of hydrogen-bond donors (Lipinski definition) is 0. The van der Waals surface area contributed by atoms with Gasteiger partial charge >= 0.3 is 0 Å². The van der Waals surface area contributed by atoms with Crippen molar-refractivity contribution in [3.05, 3.63) is 132 Å². The van der Waals surface area contributed by atoms with Crippen LogP contribution in [0.25, 0.3) is 77.6 Å². The monoisotopic (exact) mass is 482 g/mol. The Hall–Kier alpha value is -4.88. The molecule has 0 saturated heterocycles. The largest absolute Gasteiger partial charge is 0.456 e. The second-order valence-electron chi connectivity index (χ2n) is 10.5. The number of furan rings is 1. The van der Waals surface area contributed by atoms with Gasteiger partial charge in [-0.3, -0.25) is 0 Å². The summed E-state index contributed by atoms with van der Waals surface area (Å²) in [4.78, 5) is 0. The van der Waals surface area contributed by atoms with Gasteiger partial charge in [-0.1, -0.05) is 91.0 Å². The number of rotatable bonds is 0. The molecule has 2 aliphatic carbocycles. The molecule has 0 spiro atoms. The third kappa shape index (κ3) is 2.65. The van der Waals surface area contributed by atoms with Gasteiger partial charge in [0.05, 0.1) is 0 Å². The van der Waals surface area contributed by atoms with Crippen LogP contribution in [-0.4, -0.2) is 0 Å². The first kappa shape index (κ1) is 20.2. The van der Waals surface area contributed by atoms with E-state index in [2.05, 4.69) is 115 Å². The number of hydrogen-bond acceptors (Lipinski definition) is 1. The molecule has 0 N–H and O–H groups in total. The number of fused-ring (bicyclic) bond motifs is 14. The summed E-state index contributed by atoms with van der Waals surface area (Å²) in [5.41, 5.74) is 17.5. The Morgan fingerprint density at radius 2 is 0.895 bits per heavy atom. The SMILES string of the molecule is c1ccc2c(c1)Cc1cc3c(cc1-2)-c1cc2c(cc1-c1ccccc1-c1ccccc1-3)oc1ccccc12. The van der Waals surface area contributed by atoms with Crippen molar-refractivity contribution >= 4 is 21.9 Å². The standard InChI is InChI=1S/C37H22O/c1-2-10-24-22(9-1)17-23-18-31-27-13-5-3-11-25(27)26-12-4-6-14-28(26)34-21-37-35(20-33(34)32(31)19-30(23)24)29-15-7-8-16-36(29)38-37/h1-16,18-21H,17H2. The minimum absolute atomic E-state index is 0.931. The van der Waals surface area contributed by atoms with E-state index in [-0.39, 0.29) is 0 Å². The maximum atomic E-state index is 6.38. The van der Waals surface area contributed by atoms with Crippen LogP contribution in [0.1, 0.15) is 11.1 Å². The fourth-order valence-corrected chi connectivity index (χ4v) is 6.75. The van der Waals surface area contributed by atoms with Gasteiger partial charge in [0.25, 0.3) is 0 Å². The number of para-hydroxylation sites is 1. The molecule has 0 amide bonds. The molecule has 0 radical (unpaired) electrons. The van der Waals surface area contributed by atoms with Crippen molar-refractivity contribution in [1.29, 1.82) is 0 Å². The van der Waals surface area contributed by atoms with Crippen molar-refractivity contribution in [2.24, 2.45) is 0 Å². The van der Waals surface area contributed by atoms with E-state index in [9.17, 15) is 0 Å². The van der Waals surface area contributed by atoms with Gasteiger partial charge in [0.1, 0.15) is 11.2 Å². The van der Waals surface area contributed by atoms with Gasteiger partial charge in [0.2, 0.25) is 0 Å². The minimum Gasteiger partial charge on any atom is -0.456 e. The van der Waals surface area contributed by atoms with Crippen LogP contribution in [-0.2, 0) is 6.42 Å². The Morgan fingerprint density at radius 3 is 1.66 bits per heavy atom. The minimum atomic E-state index is 0.931. The lowest BCUT2D eigenvalue weighted by Gasteiger charge is -2.24. The Morgan fingerprint density at radius 1 is 0.342 bits per heavy atom. The summed E-state index contributed by atoms with van der Waals surface area (Å²) in [5.74, 6) is 0. The molecule has 0 saturated carbocycles. The zero-order valence-corrected chi connectivity index (χ0v) is 20.7. The Labute approximate surface area is 220 Å². The van der Waals surface area contributed by atoms with Gasteiger partial charge in [-0.15, -0.1) is 0 Å². The summed E-state index contributed by atoms with van der Waals surface area (Å²) < 4.78 is 6.38. The molecule has 1 heteroatoms. The first-order valence-electron chi connectivity index (χ1n) is 13.2. The highest BCUT2D eigenvalue weighted by Gasteiger charge is 2.27. The summed E-state index contributed by atoms with van der Waals surface area (Å²) in [6, 6.07) is 44.5. The fraction of sp³-hybridized carbons (Fsp3) is 0.0270. The van der Waals surface area contributed by atoms with Crippen molar-refractivity contribution in [2.45, 2.75) is 6.42 Å². The first-order valence-corrected chi connectivity index (χ1v) is 13.2. The average molecular weight is 483 g/mol. The Balaban J connectivity index is 1.47. The lowest BCUT2D eigenvalue weighted by Crippen LogP contribution is -1.98. The average Bonchev–Trinajstić information content (AvgIpc) is 3.52. The van der Waals surface area contributed by atoms with Crippen LogP contribution in [0.2, 0.25) is 0 Å².